The van der Waals surface area contributed by atoms with E-state index in [9.17, 15) is 16.8 Å². The number of sulfonamides is 2. The third kappa shape index (κ3) is 5.58. The summed E-state index contributed by atoms with van der Waals surface area (Å²) in [5, 5.41) is 0. The lowest BCUT2D eigenvalue weighted by Gasteiger charge is -2.23. The average Bonchev–Trinajstić information content (AvgIpc) is 2.74. The van der Waals surface area contributed by atoms with Crippen molar-refractivity contribution < 1.29 is 26.3 Å². The Kier molecular flexibility index (Phi) is 8.50. The minimum Gasteiger partial charge on any atom is -0.493 e. The van der Waals surface area contributed by atoms with E-state index in [4.69, 9.17) is 9.47 Å². The molecule has 2 rings (SSSR count). The Labute approximate surface area is 186 Å². The minimum absolute atomic E-state index is 0.0462. The standard InChI is InChI=1S/C22H31NO6S2/c1-6-7-8-9-14-23(30(24,25)19-11-10-17(2)18(3)15-19)31(26,27)20-12-13-21(28-4)22(16-20)29-5/h10-13,15-16H,6-9,14H2,1-5H3. The molecule has 9 heteroatoms. The Morgan fingerprint density at radius 2 is 1.32 bits per heavy atom. The molecule has 0 atom stereocenters. The van der Waals surface area contributed by atoms with Crippen molar-refractivity contribution in [3.63, 3.8) is 0 Å². The van der Waals surface area contributed by atoms with Crippen LogP contribution in [0.1, 0.15) is 43.7 Å². The quantitative estimate of drug-likeness (QED) is 0.456. The largest absolute Gasteiger partial charge is 0.493 e. The van der Waals surface area contributed by atoms with Gasteiger partial charge in [0.25, 0.3) is 20.0 Å². The molecular weight excluding hydrogens is 438 g/mol. The first-order valence-electron chi connectivity index (χ1n) is 10.2. The van der Waals surface area contributed by atoms with Crippen LogP contribution in [0.15, 0.2) is 46.2 Å². The number of benzene rings is 2. The minimum atomic E-state index is -4.36. The van der Waals surface area contributed by atoms with Gasteiger partial charge in [0.15, 0.2) is 11.5 Å². The van der Waals surface area contributed by atoms with E-state index in [1.54, 1.807) is 13.0 Å². The zero-order chi connectivity index (χ0) is 23.2. The predicted octanol–water partition coefficient (Wildman–Crippen LogP) is 4.28. The molecule has 31 heavy (non-hydrogen) atoms. The number of ether oxygens (including phenoxy) is 2. The third-order valence-corrected chi connectivity index (χ3v) is 9.47. The molecule has 0 amide bonds. The molecule has 0 spiro atoms. The van der Waals surface area contributed by atoms with Crippen LogP contribution in [-0.2, 0) is 20.0 Å². The summed E-state index contributed by atoms with van der Waals surface area (Å²) in [5.41, 5.74) is 1.70. The molecule has 0 saturated heterocycles. The van der Waals surface area contributed by atoms with Crippen LogP contribution < -0.4 is 9.47 Å². The van der Waals surface area contributed by atoms with E-state index in [1.165, 1.54) is 44.6 Å². The number of aryl methyl sites for hydroxylation is 2. The topological polar surface area (TPSA) is 90.0 Å². The van der Waals surface area contributed by atoms with Crippen LogP contribution in [0, 0.1) is 13.8 Å². The van der Waals surface area contributed by atoms with E-state index in [1.807, 2.05) is 13.8 Å². The first-order chi connectivity index (χ1) is 14.6. The number of unbranched alkanes of at least 4 members (excludes halogenated alkanes) is 3. The maximum Gasteiger partial charge on any atom is 0.256 e. The molecule has 0 unspecified atom stereocenters. The molecule has 7 nitrogen and oxygen atoms in total. The second-order valence-electron chi connectivity index (χ2n) is 7.33. The summed E-state index contributed by atoms with van der Waals surface area (Å²) in [4.78, 5) is -0.219. The van der Waals surface area contributed by atoms with Crippen molar-refractivity contribution in [3.8, 4) is 11.5 Å². The maximum atomic E-state index is 13.5. The van der Waals surface area contributed by atoms with Gasteiger partial charge in [0.2, 0.25) is 0 Å². The predicted molar refractivity (Wildman–Crippen MR) is 121 cm³/mol. The highest BCUT2D eigenvalue weighted by Crippen LogP contribution is 2.33. The average molecular weight is 470 g/mol. The highest BCUT2D eigenvalue weighted by molar-refractivity contribution is 8.04. The fourth-order valence-electron chi connectivity index (χ4n) is 3.12. The van der Waals surface area contributed by atoms with Crippen molar-refractivity contribution in [1.82, 2.24) is 3.71 Å². The van der Waals surface area contributed by atoms with Crippen molar-refractivity contribution in [2.75, 3.05) is 20.8 Å². The summed E-state index contributed by atoms with van der Waals surface area (Å²) in [7, 11) is -5.83. The molecule has 0 bridgehead atoms. The van der Waals surface area contributed by atoms with Crippen molar-refractivity contribution in [2.24, 2.45) is 0 Å². The number of hydrogen-bond donors (Lipinski definition) is 0. The second kappa shape index (κ2) is 10.5. The maximum absolute atomic E-state index is 13.5. The molecule has 0 aromatic heterocycles. The first kappa shape index (κ1) is 25.2. The van der Waals surface area contributed by atoms with Crippen LogP contribution in [0.4, 0.5) is 0 Å². The monoisotopic (exact) mass is 469 g/mol. The van der Waals surface area contributed by atoms with Gasteiger partial charge in [0.05, 0.1) is 24.0 Å². The molecule has 0 heterocycles. The van der Waals surface area contributed by atoms with Gasteiger partial charge in [0, 0.05) is 12.6 Å². The number of hydrogen-bond acceptors (Lipinski definition) is 6. The Morgan fingerprint density at radius 1 is 0.742 bits per heavy atom. The van der Waals surface area contributed by atoms with Crippen molar-refractivity contribution in [1.29, 1.82) is 0 Å². The van der Waals surface area contributed by atoms with Gasteiger partial charge in [-0.15, -0.1) is 0 Å². The summed E-state index contributed by atoms with van der Waals surface area (Å²) >= 11 is 0. The molecule has 0 saturated carbocycles. The van der Waals surface area contributed by atoms with Gasteiger partial charge in [-0.1, -0.05) is 36.0 Å². The fourth-order valence-corrected chi connectivity index (χ4v) is 6.94. The van der Waals surface area contributed by atoms with Crippen molar-refractivity contribution in [2.45, 2.75) is 56.2 Å². The van der Waals surface area contributed by atoms with E-state index in [0.717, 1.165) is 30.4 Å². The van der Waals surface area contributed by atoms with Gasteiger partial charge >= 0.3 is 0 Å². The number of nitrogens with zero attached hydrogens (tertiary/aromatic N) is 1. The zero-order valence-corrected chi connectivity index (χ0v) is 20.3. The van der Waals surface area contributed by atoms with Crippen LogP contribution in [0.3, 0.4) is 0 Å². The first-order valence-corrected chi connectivity index (χ1v) is 13.0. The molecule has 0 fully saturated rings. The van der Waals surface area contributed by atoms with Gasteiger partial charge in [-0.2, -0.15) is 0 Å². The lowest BCUT2D eigenvalue weighted by Crippen LogP contribution is -2.37. The molecule has 0 N–H and O–H groups in total. The van der Waals surface area contributed by atoms with E-state index in [-0.39, 0.29) is 22.1 Å². The Balaban J connectivity index is 2.57. The summed E-state index contributed by atoms with van der Waals surface area (Å²) in [6.45, 7) is 5.56. The lowest BCUT2D eigenvalue weighted by atomic mass is 10.1. The molecule has 0 aliphatic carbocycles. The molecule has 2 aromatic carbocycles. The van der Waals surface area contributed by atoms with Crippen LogP contribution >= 0.6 is 0 Å². The smallest absolute Gasteiger partial charge is 0.256 e. The Hall–Kier alpha value is -2.10. The van der Waals surface area contributed by atoms with Gasteiger partial charge in [-0.25, -0.2) is 16.8 Å². The van der Waals surface area contributed by atoms with Crippen LogP contribution in [0.5, 0.6) is 11.5 Å². The molecular formula is C22H31NO6S2. The highest BCUT2D eigenvalue weighted by atomic mass is 32.3. The molecule has 172 valence electrons. The fraction of sp³-hybridized carbons (Fsp3) is 0.455. The molecule has 2 aromatic rings. The second-order valence-corrected chi connectivity index (χ2v) is 11.3. The normalized spacial score (nSPS) is 12.2. The van der Waals surface area contributed by atoms with E-state index < -0.39 is 20.0 Å². The van der Waals surface area contributed by atoms with Crippen LogP contribution in [0.25, 0.3) is 0 Å². The van der Waals surface area contributed by atoms with Crippen molar-refractivity contribution in [3.05, 3.63) is 47.5 Å². The SMILES string of the molecule is CCCCCCN(S(=O)(=O)c1ccc(C)c(C)c1)S(=O)(=O)c1ccc(OC)c(OC)c1. The molecule has 0 aliphatic rings. The summed E-state index contributed by atoms with van der Waals surface area (Å²) < 4.78 is 64.9. The molecule has 0 radical (unpaired) electrons. The lowest BCUT2D eigenvalue weighted by molar-refractivity contribution is 0.353. The van der Waals surface area contributed by atoms with Gasteiger partial charge < -0.3 is 9.47 Å². The number of rotatable bonds is 11. The Morgan fingerprint density at radius 3 is 1.87 bits per heavy atom. The van der Waals surface area contributed by atoms with E-state index in [0.29, 0.717) is 15.9 Å². The van der Waals surface area contributed by atoms with E-state index >= 15 is 0 Å². The van der Waals surface area contributed by atoms with Crippen LogP contribution in [-0.4, -0.2) is 41.3 Å². The Bertz CT molecular complexity index is 1110. The third-order valence-electron chi connectivity index (χ3n) is 5.16. The summed E-state index contributed by atoms with van der Waals surface area (Å²) in [6, 6.07) is 8.69. The summed E-state index contributed by atoms with van der Waals surface area (Å²) in [6.07, 6.45) is 3.02. The highest BCUT2D eigenvalue weighted by Gasteiger charge is 2.36. The number of methoxy groups -OCH3 is 2. The van der Waals surface area contributed by atoms with Gasteiger partial charge in [0.1, 0.15) is 0 Å². The van der Waals surface area contributed by atoms with Gasteiger partial charge in [-0.05, 0) is 55.7 Å². The molecule has 0 aliphatic heterocycles. The zero-order valence-electron chi connectivity index (χ0n) is 18.7. The van der Waals surface area contributed by atoms with Crippen LogP contribution in [0.2, 0.25) is 0 Å². The van der Waals surface area contributed by atoms with E-state index in [2.05, 4.69) is 0 Å². The van der Waals surface area contributed by atoms with Crippen molar-refractivity contribution >= 4 is 20.0 Å². The summed E-state index contributed by atoms with van der Waals surface area (Å²) in [5.74, 6) is 0.561. The van der Waals surface area contributed by atoms with Gasteiger partial charge in [-0.3, -0.25) is 0 Å².